The zero-order chi connectivity index (χ0) is 14.4. The molecule has 0 amide bonds. The molecule has 19 heavy (non-hydrogen) atoms. The van der Waals surface area contributed by atoms with Crippen LogP contribution < -0.4 is 10.5 Å². The van der Waals surface area contributed by atoms with Crippen molar-refractivity contribution >= 4 is 11.6 Å². The predicted octanol–water partition coefficient (Wildman–Crippen LogP) is 3.19. The zero-order valence-electron chi connectivity index (χ0n) is 11.9. The van der Waals surface area contributed by atoms with Crippen molar-refractivity contribution in [1.82, 2.24) is 0 Å². The van der Waals surface area contributed by atoms with Crippen molar-refractivity contribution in [1.29, 1.82) is 0 Å². The third kappa shape index (κ3) is 4.37. The van der Waals surface area contributed by atoms with E-state index in [0.717, 1.165) is 24.2 Å². The Morgan fingerprint density at radius 1 is 1.42 bits per heavy atom. The number of rotatable bonds is 7. The molecule has 3 unspecified atom stereocenters. The standard InChI is InChI=1S/C15H24ClNO2/c1-4-10(2)7-14(18)13(9-17)12-8-11(16)5-6-15(12)19-3/h5-6,8,10,13-14,18H,4,7,9,17H2,1-3H3. The minimum absolute atomic E-state index is 0.150. The average molecular weight is 286 g/mol. The van der Waals surface area contributed by atoms with Crippen LogP contribution in [0.25, 0.3) is 0 Å². The van der Waals surface area contributed by atoms with E-state index in [1.165, 1.54) is 0 Å². The van der Waals surface area contributed by atoms with Crippen molar-refractivity contribution in [2.45, 2.75) is 38.7 Å². The summed E-state index contributed by atoms with van der Waals surface area (Å²) in [7, 11) is 1.61. The summed E-state index contributed by atoms with van der Waals surface area (Å²) in [5.74, 6) is 1.04. The van der Waals surface area contributed by atoms with Crippen LogP contribution in [0, 0.1) is 5.92 Å². The quantitative estimate of drug-likeness (QED) is 0.809. The van der Waals surface area contributed by atoms with E-state index >= 15 is 0 Å². The molecule has 1 rings (SSSR count). The monoisotopic (exact) mass is 285 g/mol. The highest BCUT2D eigenvalue weighted by atomic mass is 35.5. The van der Waals surface area contributed by atoms with E-state index in [2.05, 4.69) is 13.8 Å². The molecule has 3 atom stereocenters. The molecule has 1 aromatic carbocycles. The molecular weight excluding hydrogens is 262 g/mol. The van der Waals surface area contributed by atoms with Crippen LogP contribution >= 0.6 is 11.6 Å². The third-order valence-electron chi connectivity index (χ3n) is 3.65. The topological polar surface area (TPSA) is 55.5 Å². The summed E-state index contributed by atoms with van der Waals surface area (Å²) in [5.41, 5.74) is 6.72. The fourth-order valence-electron chi connectivity index (χ4n) is 2.23. The van der Waals surface area contributed by atoms with E-state index < -0.39 is 6.10 Å². The van der Waals surface area contributed by atoms with Gasteiger partial charge in [-0.05, 0) is 30.5 Å². The predicted molar refractivity (Wildman–Crippen MR) is 79.9 cm³/mol. The maximum absolute atomic E-state index is 10.4. The van der Waals surface area contributed by atoms with E-state index in [1.54, 1.807) is 13.2 Å². The first-order valence-electron chi connectivity index (χ1n) is 6.75. The second-order valence-corrected chi connectivity index (χ2v) is 5.48. The number of hydrogen-bond acceptors (Lipinski definition) is 3. The van der Waals surface area contributed by atoms with Gasteiger partial charge in [-0.3, -0.25) is 0 Å². The first kappa shape index (κ1) is 16.3. The van der Waals surface area contributed by atoms with Crippen LogP contribution in [-0.2, 0) is 0 Å². The number of methoxy groups -OCH3 is 1. The van der Waals surface area contributed by atoms with Crippen molar-refractivity contribution in [2.24, 2.45) is 11.7 Å². The minimum Gasteiger partial charge on any atom is -0.496 e. The van der Waals surface area contributed by atoms with Gasteiger partial charge in [0.25, 0.3) is 0 Å². The van der Waals surface area contributed by atoms with Gasteiger partial charge in [-0.1, -0.05) is 31.9 Å². The molecule has 0 aliphatic heterocycles. The number of aliphatic hydroxyl groups is 1. The maximum Gasteiger partial charge on any atom is 0.122 e. The second kappa shape index (κ2) is 7.73. The SMILES string of the molecule is CCC(C)CC(O)C(CN)c1cc(Cl)ccc1OC. The highest BCUT2D eigenvalue weighted by Crippen LogP contribution is 2.33. The molecular formula is C15H24ClNO2. The lowest BCUT2D eigenvalue weighted by Crippen LogP contribution is -2.28. The summed E-state index contributed by atoms with van der Waals surface area (Å²) in [6.07, 6.45) is 1.29. The van der Waals surface area contributed by atoms with Crippen LogP contribution in [-0.4, -0.2) is 24.9 Å². The van der Waals surface area contributed by atoms with Crippen LogP contribution in [0.1, 0.15) is 38.2 Å². The van der Waals surface area contributed by atoms with Crippen LogP contribution in [0.15, 0.2) is 18.2 Å². The van der Waals surface area contributed by atoms with E-state index in [9.17, 15) is 5.11 Å². The highest BCUT2D eigenvalue weighted by Gasteiger charge is 2.24. The molecule has 0 aromatic heterocycles. The molecule has 0 aliphatic carbocycles. The summed E-state index contributed by atoms with van der Waals surface area (Å²) in [4.78, 5) is 0. The van der Waals surface area contributed by atoms with Crippen LogP contribution in [0.5, 0.6) is 5.75 Å². The molecule has 108 valence electrons. The number of halogens is 1. The molecule has 0 saturated heterocycles. The fourth-order valence-corrected chi connectivity index (χ4v) is 2.41. The molecule has 0 heterocycles. The summed E-state index contributed by atoms with van der Waals surface area (Å²) in [6, 6.07) is 5.42. The Morgan fingerprint density at radius 2 is 2.11 bits per heavy atom. The van der Waals surface area contributed by atoms with Crippen LogP contribution in [0.4, 0.5) is 0 Å². The zero-order valence-corrected chi connectivity index (χ0v) is 12.7. The van der Waals surface area contributed by atoms with Crippen molar-refractivity contribution < 1.29 is 9.84 Å². The van der Waals surface area contributed by atoms with Crippen LogP contribution in [0.2, 0.25) is 5.02 Å². The van der Waals surface area contributed by atoms with Gasteiger partial charge in [-0.15, -0.1) is 0 Å². The lowest BCUT2D eigenvalue weighted by Gasteiger charge is -2.25. The number of benzene rings is 1. The highest BCUT2D eigenvalue weighted by molar-refractivity contribution is 6.30. The van der Waals surface area contributed by atoms with Gasteiger partial charge in [0, 0.05) is 23.0 Å². The van der Waals surface area contributed by atoms with Gasteiger partial charge in [-0.25, -0.2) is 0 Å². The number of hydrogen-bond donors (Lipinski definition) is 2. The summed E-state index contributed by atoms with van der Waals surface area (Å²) in [6.45, 7) is 4.62. The van der Waals surface area contributed by atoms with E-state index in [-0.39, 0.29) is 5.92 Å². The molecule has 3 N–H and O–H groups in total. The molecule has 0 fully saturated rings. The Bertz CT molecular complexity index is 398. The largest absolute Gasteiger partial charge is 0.496 e. The van der Waals surface area contributed by atoms with Crippen molar-refractivity contribution in [3.8, 4) is 5.75 Å². The Hall–Kier alpha value is -0.770. The Morgan fingerprint density at radius 3 is 2.63 bits per heavy atom. The smallest absolute Gasteiger partial charge is 0.122 e. The molecule has 0 bridgehead atoms. The Balaban J connectivity index is 2.98. The number of nitrogens with two attached hydrogens (primary N) is 1. The van der Waals surface area contributed by atoms with Gasteiger partial charge in [0.2, 0.25) is 0 Å². The van der Waals surface area contributed by atoms with E-state index in [0.29, 0.717) is 17.5 Å². The normalized spacial score (nSPS) is 15.9. The molecule has 0 saturated carbocycles. The van der Waals surface area contributed by atoms with Gasteiger partial charge in [0.15, 0.2) is 0 Å². The molecule has 0 radical (unpaired) electrons. The molecule has 0 aliphatic rings. The molecule has 1 aromatic rings. The van der Waals surface area contributed by atoms with Crippen LogP contribution in [0.3, 0.4) is 0 Å². The molecule has 3 nitrogen and oxygen atoms in total. The maximum atomic E-state index is 10.4. The average Bonchev–Trinajstić information content (AvgIpc) is 2.39. The Labute approximate surface area is 120 Å². The van der Waals surface area contributed by atoms with Crippen molar-refractivity contribution in [2.75, 3.05) is 13.7 Å². The van der Waals surface area contributed by atoms with Crippen molar-refractivity contribution in [3.05, 3.63) is 28.8 Å². The molecule has 4 heteroatoms. The molecule has 0 spiro atoms. The summed E-state index contributed by atoms with van der Waals surface area (Å²) >= 11 is 6.03. The minimum atomic E-state index is -0.479. The lowest BCUT2D eigenvalue weighted by molar-refractivity contribution is 0.116. The third-order valence-corrected chi connectivity index (χ3v) is 3.89. The second-order valence-electron chi connectivity index (χ2n) is 5.04. The van der Waals surface area contributed by atoms with E-state index in [4.69, 9.17) is 22.1 Å². The van der Waals surface area contributed by atoms with E-state index in [1.807, 2.05) is 12.1 Å². The van der Waals surface area contributed by atoms with Crippen molar-refractivity contribution in [3.63, 3.8) is 0 Å². The number of ether oxygens (including phenoxy) is 1. The first-order valence-corrected chi connectivity index (χ1v) is 7.12. The first-order chi connectivity index (χ1) is 9.03. The summed E-state index contributed by atoms with van der Waals surface area (Å²) < 4.78 is 5.34. The van der Waals surface area contributed by atoms with Gasteiger partial charge < -0.3 is 15.6 Å². The fraction of sp³-hybridized carbons (Fsp3) is 0.600. The van der Waals surface area contributed by atoms with Gasteiger partial charge in [0.1, 0.15) is 5.75 Å². The Kier molecular flexibility index (Phi) is 6.63. The lowest BCUT2D eigenvalue weighted by atomic mass is 9.87. The summed E-state index contributed by atoms with van der Waals surface area (Å²) in [5, 5.41) is 11.0. The van der Waals surface area contributed by atoms with Gasteiger partial charge in [-0.2, -0.15) is 0 Å². The van der Waals surface area contributed by atoms with Gasteiger partial charge in [0.05, 0.1) is 13.2 Å². The van der Waals surface area contributed by atoms with Gasteiger partial charge >= 0.3 is 0 Å². The number of aliphatic hydroxyl groups excluding tert-OH is 1.